The maximum atomic E-state index is 12.3. The van der Waals surface area contributed by atoms with Crippen LogP contribution in [-0.4, -0.2) is 106 Å². The van der Waals surface area contributed by atoms with Crippen LogP contribution in [0.4, 0.5) is 0 Å². The molecule has 0 fully saturated rings. The zero-order valence-electron chi connectivity index (χ0n) is 44.3. The molecule has 12 rings (SSSR count). The van der Waals surface area contributed by atoms with Gasteiger partial charge in [-0.15, -0.1) is 34.0 Å². The van der Waals surface area contributed by atoms with Gasteiger partial charge in [0.2, 0.25) is 5.78 Å². The summed E-state index contributed by atoms with van der Waals surface area (Å²) in [5, 5.41) is 10.5. The Bertz CT molecular complexity index is 3630. The van der Waals surface area contributed by atoms with Crippen LogP contribution in [0.2, 0.25) is 0 Å². The van der Waals surface area contributed by atoms with Crippen LogP contribution >= 0.6 is 34.0 Å². The Balaban J connectivity index is 0.000000143. The van der Waals surface area contributed by atoms with Crippen molar-refractivity contribution < 1.29 is 43.0 Å². The lowest BCUT2D eigenvalue weighted by Crippen LogP contribution is -2.03. The number of thiazole rings is 3. The van der Waals surface area contributed by atoms with Gasteiger partial charge in [-0.2, -0.15) is 0 Å². The van der Waals surface area contributed by atoms with Gasteiger partial charge < -0.3 is 29.2 Å². The molecule has 9 heterocycles. The van der Waals surface area contributed by atoms with Gasteiger partial charge >= 0.3 is 17.9 Å². The Morgan fingerprint density at radius 3 is 1.15 bits per heavy atom. The van der Waals surface area contributed by atoms with Gasteiger partial charge in [0.1, 0.15) is 5.69 Å². The topological polar surface area (TPSA) is 268 Å². The molecule has 3 N–H and O–H groups in total. The summed E-state index contributed by atoms with van der Waals surface area (Å²) < 4.78 is 13.4. The van der Waals surface area contributed by atoms with Gasteiger partial charge in [-0.25, -0.2) is 34.3 Å². The molecule has 0 amide bonds. The summed E-state index contributed by atoms with van der Waals surface area (Å²) >= 11 is 4.31. The number of fused-ring (bicyclic) bond motifs is 3. The summed E-state index contributed by atoms with van der Waals surface area (Å²) in [7, 11) is 4.03. The number of esters is 3. The van der Waals surface area contributed by atoms with Crippen molar-refractivity contribution in [3.8, 4) is 0 Å². The fourth-order valence-corrected chi connectivity index (χ4v) is 9.08. The number of aromatic amines is 3. The van der Waals surface area contributed by atoms with Gasteiger partial charge in [-0.1, -0.05) is 54.6 Å². The number of pyridine rings is 2. The normalized spacial score (nSPS) is 10.1. The first-order valence-corrected chi connectivity index (χ1v) is 26.8. The van der Waals surface area contributed by atoms with E-state index >= 15 is 0 Å². The molecule has 0 aliphatic heterocycles. The van der Waals surface area contributed by atoms with Crippen molar-refractivity contribution in [2.75, 3.05) is 21.3 Å². The summed E-state index contributed by atoms with van der Waals surface area (Å²) in [6.07, 6.45) is 16.3. The maximum Gasteiger partial charge on any atom is 0.357 e. The van der Waals surface area contributed by atoms with Gasteiger partial charge in [-0.3, -0.25) is 29.3 Å². The highest BCUT2D eigenvalue weighted by Crippen LogP contribution is 2.23. The number of methoxy groups -OCH3 is 3. The second-order valence-corrected chi connectivity index (χ2v) is 19.7. The van der Waals surface area contributed by atoms with Gasteiger partial charge in [0.25, 0.3) is 0 Å². The first-order valence-electron chi connectivity index (χ1n) is 24.2. The number of aryl methyl sites for hydroxylation is 3. The number of H-pyrrole nitrogens is 3. The Hall–Kier alpha value is -10.0. The van der Waals surface area contributed by atoms with Crippen LogP contribution in [-0.2, 0) is 14.2 Å². The number of aromatic nitrogens is 10. The molecule has 22 heteroatoms. The van der Waals surface area contributed by atoms with E-state index in [0.717, 1.165) is 47.7 Å². The number of nitrogens with one attached hydrogen (secondary N) is 3. The first-order chi connectivity index (χ1) is 39.3. The number of benzene rings is 3. The third kappa shape index (κ3) is 15.8. The number of nitrogens with zero attached hydrogens (tertiary/aromatic N) is 7. The molecule has 3 aromatic carbocycles. The highest BCUT2D eigenvalue weighted by molar-refractivity contribution is 7.10. The minimum Gasteiger partial charge on any atom is -0.464 e. The van der Waals surface area contributed by atoms with Crippen LogP contribution in [0, 0.1) is 20.8 Å². The summed E-state index contributed by atoms with van der Waals surface area (Å²) in [5.74, 6) is -1.21. The van der Waals surface area contributed by atoms with E-state index in [2.05, 4.69) is 64.1 Å². The fourth-order valence-electron chi connectivity index (χ4n) is 7.33. The summed E-state index contributed by atoms with van der Waals surface area (Å²) in [4.78, 5) is 106. The SMILES string of the molecule is COC(=O)c1csc(C)n1.COC(=O)c1csc(C)n1.COC(=O)c1csc(C)n1.O=C(c1cccnc1)c1c[nH]c2ccccc12.O=C(c1ccncc1)c1c[nH]c2ccccc12.O=C(c1cnccn1)c1c[nH]c2ccccc12. The van der Waals surface area contributed by atoms with E-state index < -0.39 is 0 Å². The second kappa shape index (κ2) is 29.1. The lowest BCUT2D eigenvalue weighted by atomic mass is 10.0. The monoisotopic (exact) mass is 1140 g/mol. The van der Waals surface area contributed by atoms with E-state index in [0.29, 0.717) is 50.6 Å². The molecule has 0 radical (unpaired) electrons. The number of ketones is 3. The van der Waals surface area contributed by atoms with E-state index in [1.54, 1.807) is 90.0 Å². The fraction of sp³-hybridized carbons (Fsp3) is 0.102. The van der Waals surface area contributed by atoms with Crippen molar-refractivity contribution in [3.63, 3.8) is 0 Å². The molecule has 0 unspecified atom stereocenters. The van der Waals surface area contributed by atoms with Crippen molar-refractivity contribution in [2.45, 2.75) is 20.8 Å². The van der Waals surface area contributed by atoms with Crippen LogP contribution in [0.15, 0.2) is 175 Å². The van der Waals surface area contributed by atoms with Crippen LogP contribution in [0.25, 0.3) is 32.7 Å². The molecule has 0 aliphatic rings. The number of carbonyl (C=O) groups excluding carboxylic acids is 6. The summed E-state index contributed by atoms with van der Waals surface area (Å²) in [6.45, 7) is 5.53. The number of rotatable bonds is 9. The predicted octanol–water partition coefficient (Wildman–Crippen LogP) is 11.5. The molecule has 0 saturated heterocycles. The number of hydrogen-bond donors (Lipinski definition) is 3. The molecule has 9 aromatic heterocycles. The number of para-hydroxylation sites is 3. The van der Waals surface area contributed by atoms with E-state index in [4.69, 9.17) is 0 Å². The molecule has 0 saturated carbocycles. The zero-order chi connectivity index (χ0) is 57.7. The molecule has 12 aromatic rings. The Morgan fingerprint density at radius 1 is 0.395 bits per heavy atom. The average molecular weight is 1140 g/mol. The molecule has 0 bridgehead atoms. The smallest absolute Gasteiger partial charge is 0.357 e. The van der Waals surface area contributed by atoms with Crippen molar-refractivity contribution in [1.29, 1.82) is 0 Å². The number of hydrogen-bond acceptors (Lipinski definition) is 19. The zero-order valence-corrected chi connectivity index (χ0v) is 46.7. The van der Waals surface area contributed by atoms with Crippen LogP contribution in [0.1, 0.15) is 94.4 Å². The summed E-state index contributed by atoms with van der Waals surface area (Å²) in [5.41, 5.74) is 7.71. The van der Waals surface area contributed by atoms with E-state index in [1.807, 2.05) is 93.6 Å². The molecular formula is C59H50N10O9S3. The molecular weight excluding hydrogens is 1090 g/mol. The summed E-state index contributed by atoms with van der Waals surface area (Å²) in [6, 6.07) is 30.2. The second-order valence-electron chi connectivity index (χ2n) is 16.5. The van der Waals surface area contributed by atoms with Crippen LogP contribution < -0.4 is 0 Å². The largest absolute Gasteiger partial charge is 0.464 e. The molecule has 0 atom stereocenters. The maximum absolute atomic E-state index is 12.3. The predicted molar refractivity (Wildman–Crippen MR) is 310 cm³/mol. The third-order valence-electron chi connectivity index (χ3n) is 11.2. The van der Waals surface area contributed by atoms with E-state index in [1.165, 1.54) is 67.7 Å². The van der Waals surface area contributed by atoms with Gasteiger partial charge in [0, 0.05) is 132 Å². The minimum atomic E-state index is -0.371. The van der Waals surface area contributed by atoms with Crippen molar-refractivity contribution in [1.82, 2.24) is 49.8 Å². The average Bonchev–Trinajstić information content (AvgIpc) is 4.45. The Morgan fingerprint density at radius 2 is 0.790 bits per heavy atom. The highest BCUT2D eigenvalue weighted by Gasteiger charge is 2.17. The molecule has 81 heavy (non-hydrogen) atoms. The van der Waals surface area contributed by atoms with Crippen LogP contribution in [0.5, 0.6) is 0 Å². The van der Waals surface area contributed by atoms with E-state index in [9.17, 15) is 28.8 Å². The number of carbonyl (C=O) groups is 6. The van der Waals surface area contributed by atoms with Crippen LogP contribution in [0.3, 0.4) is 0 Å². The minimum absolute atomic E-state index is 0.00412. The molecule has 0 aliphatic carbocycles. The van der Waals surface area contributed by atoms with Gasteiger partial charge in [-0.05, 0) is 63.2 Å². The molecule has 0 spiro atoms. The van der Waals surface area contributed by atoms with Gasteiger partial charge in [0.05, 0.1) is 42.5 Å². The van der Waals surface area contributed by atoms with Gasteiger partial charge in [0.15, 0.2) is 28.6 Å². The molecule has 19 nitrogen and oxygen atoms in total. The van der Waals surface area contributed by atoms with Crippen molar-refractivity contribution in [2.24, 2.45) is 0 Å². The van der Waals surface area contributed by atoms with Crippen molar-refractivity contribution in [3.05, 3.63) is 241 Å². The highest BCUT2D eigenvalue weighted by atomic mass is 32.1. The standard InChI is InChI=1S/2C14H10N2O.C13H9N3O.3C6H7NO2S/c17-14(10-4-3-7-15-8-10)12-9-16-13-6-2-1-5-11(12)13;17-14(10-5-7-15-8-6-10)12-9-16-13-4-2-1-3-11(12)13;17-13(12-8-14-5-6-15-12)10-7-16-11-4-2-1-3-9(10)11;3*1-4-7-5(3-10-4)6(8)9-2/h2*1-9,16H;1-8,16H;3*3H,1-2H3. The Kier molecular flexibility index (Phi) is 21.1. The quantitative estimate of drug-likeness (QED) is 0.0689. The number of ether oxygens (including phenoxy) is 3. The van der Waals surface area contributed by atoms with E-state index in [-0.39, 0.29) is 35.3 Å². The molecule has 408 valence electrons. The lowest BCUT2D eigenvalue weighted by Gasteiger charge is -1.98. The Labute approximate surface area is 475 Å². The first kappa shape index (κ1) is 58.6. The third-order valence-corrected chi connectivity index (χ3v) is 13.5. The lowest BCUT2D eigenvalue weighted by molar-refractivity contribution is 0.0586. The van der Waals surface area contributed by atoms with Crippen molar-refractivity contribution >= 4 is 102 Å².